The number of aromatic nitrogens is 2. The number of anilines is 1. The quantitative estimate of drug-likeness (QED) is 0.577. The Morgan fingerprint density at radius 2 is 1.93 bits per heavy atom. The van der Waals surface area contributed by atoms with E-state index >= 15 is 0 Å². The number of benzene rings is 2. The van der Waals surface area contributed by atoms with E-state index in [1.807, 2.05) is 19.1 Å². The van der Waals surface area contributed by atoms with Crippen LogP contribution in [0.1, 0.15) is 18.1 Å². The lowest BCUT2D eigenvalue weighted by molar-refractivity contribution is -0.111. The summed E-state index contributed by atoms with van der Waals surface area (Å²) in [4.78, 5) is 12.5. The third kappa shape index (κ3) is 5.15. The highest BCUT2D eigenvalue weighted by atomic mass is 32.2. The minimum atomic E-state index is -3.50. The molecule has 2 aromatic carbocycles. The summed E-state index contributed by atoms with van der Waals surface area (Å²) in [6.07, 6.45) is 4.23. The first-order valence-electron chi connectivity index (χ1n) is 8.85. The maximum atomic E-state index is 12.3. The molecule has 0 saturated heterocycles. The maximum absolute atomic E-state index is 12.3. The van der Waals surface area contributed by atoms with Gasteiger partial charge in [0.1, 0.15) is 0 Å². The van der Waals surface area contributed by atoms with Gasteiger partial charge in [0.15, 0.2) is 0 Å². The molecular formula is C20H20N4O4S. The third-order valence-corrected chi connectivity index (χ3v) is 5.62. The second-order valence-corrected chi connectivity index (χ2v) is 7.93. The van der Waals surface area contributed by atoms with Gasteiger partial charge in [0.2, 0.25) is 28.2 Å². The molecule has 0 atom stereocenters. The number of rotatable bonds is 7. The Kier molecular flexibility index (Phi) is 6.20. The summed E-state index contributed by atoms with van der Waals surface area (Å²) >= 11 is 0. The summed E-state index contributed by atoms with van der Waals surface area (Å²) in [6, 6.07) is 11.7. The van der Waals surface area contributed by atoms with Gasteiger partial charge in [0, 0.05) is 23.9 Å². The molecule has 0 fully saturated rings. The number of hydrogen-bond acceptors (Lipinski definition) is 6. The average Bonchev–Trinajstić information content (AvgIpc) is 3.23. The summed E-state index contributed by atoms with van der Waals surface area (Å²) < 4.78 is 31.5. The van der Waals surface area contributed by atoms with Crippen LogP contribution in [-0.4, -0.2) is 31.1 Å². The Bertz CT molecular complexity index is 1120. The normalized spacial score (nSPS) is 11.7. The summed E-state index contributed by atoms with van der Waals surface area (Å²) in [5.74, 6) is 0.0452. The van der Waals surface area contributed by atoms with Gasteiger partial charge in [-0.15, -0.1) is 10.2 Å². The minimum absolute atomic E-state index is 0.175. The molecule has 8 nitrogen and oxygen atoms in total. The number of carbonyl (C=O) groups excluding carboxylic acids is 1. The molecule has 1 aromatic heterocycles. The van der Waals surface area contributed by atoms with Gasteiger partial charge < -0.3 is 9.73 Å². The second-order valence-electron chi connectivity index (χ2n) is 6.17. The van der Waals surface area contributed by atoms with Crippen molar-refractivity contribution < 1.29 is 17.6 Å². The lowest BCUT2D eigenvalue weighted by atomic mass is 10.1. The molecule has 29 heavy (non-hydrogen) atoms. The van der Waals surface area contributed by atoms with Crippen LogP contribution < -0.4 is 10.0 Å². The first-order chi connectivity index (χ1) is 13.9. The zero-order valence-corrected chi connectivity index (χ0v) is 16.7. The van der Waals surface area contributed by atoms with Crippen LogP contribution in [0.4, 0.5) is 5.69 Å². The van der Waals surface area contributed by atoms with Crippen molar-refractivity contribution in [3.05, 3.63) is 66.1 Å². The Morgan fingerprint density at radius 3 is 2.59 bits per heavy atom. The van der Waals surface area contributed by atoms with E-state index in [0.717, 1.165) is 5.56 Å². The van der Waals surface area contributed by atoms with E-state index in [1.165, 1.54) is 24.6 Å². The van der Waals surface area contributed by atoms with E-state index in [0.29, 0.717) is 29.2 Å². The Morgan fingerprint density at radius 1 is 1.17 bits per heavy atom. The van der Waals surface area contributed by atoms with Crippen molar-refractivity contribution in [3.63, 3.8) is 0 Å². The van der Waals surface area contributed by atoms with Crippen molar-refractivity contribution in [2.45, 2.75) is 18.7 Å². The van der Waals surface area contributed by atoms with Crippen molar-refractivity contribution in [2.24, 2.45) is 0 Å². The Labute approximate surface area is 168 Å². The first kappa shape index (κ1) is 20.4. The molecule has 0 aliphatic carbocycles. The smallest absolute Gasteiger partial charge is 0.248 e. The minimum Gasteiger partial charge on any atom is -0.423 e. The van der Waals surface area contributed by atoms with E-state index < -0.39 is 10.0 Å². The molecule has 0 saturated carbocycles. The highest BCUT2D eigenvalue weighted by Gasteiger charge is 2.11. The molecule has 0 aliphatic heterocycles. The third-order valence-electron chi connectivity index (χ3n) is 4.05. The molecule has 3 aromatic rings. The van der Waals surface area contributed by atoms with Crippen LogP contribution in [0, 0.1) is 6.92 Å². The molecule has 2 N–H and O–H groups in total. The zero-order valence-electron chi connectivity index (χ0n) is 15.9. The van der Waals surface area contributed by atoms with Gasteiger partial charge in [0.05, 0.1) is 4.90 Å². The molecule has 0 aliphatic rings. The monoisotopic (exact) mass is 412 g/mol. The number of carbonyl (C=O) groups is 1. The molecule has 0 bridgehead atoms. The SMILES string of the molecule is CCNS(=O)(=O)c1ccc(C=CC(=O)Nc2cc(-c3nnco3)ccc2C)cc1. The summed E-state index contributed by atoms with van der Waals surface area (Å²) in [7, 11) is -3.50. The molecule has 0 spiro atoms. The standard InChI is InChI=1S/C20H20N4O4S/c1-3-22-29(26,27)17-9-5-15(6-10-17)7-11-19(25)23-18-12-16(8-4-14(18)2)20-24-21-13-28-20/h4-13,22H,3H2,1-2H3,(H,23,25). The lowest BCUT2D eigenvalue weighted by Crippen LogP contribution is -2.22. The first-order valence-corrected chi connectivity index (χ1v) is 10.3. The van der Waals surface area contributed by atoms with Gasteiger partial charge in [-0.05, 0) is 48.4 Å². The highest BCUT2D eigenvalue weighted by Crippen LogP contribution is 2.24. The van der Waals surface area contributed by atoms with E-state index in [2.05, 4.69) is 20.2 Å². The predicted molar refractivity (Wildman–Crippen MR) is 109 cm³/mol. The molecule has 9 heteroatoms. The van der Waals surface area contributed by atoms with E-state index in [-0.39, 0.29) is 10.8 Å². The van der Waals surface area contributed by atoms with Crippen LogP contribution in [0.5, 0.6) is 0 Å². The number of amides is 1. The van der Waals surface area contributed by atoms with Gasteiger partial charge in [0.25, 0.3) is 0 Å². The molecule has 1 amide bonds. The van der Waals surface area contributed by atoms with Crippen LogP contribution in [0.25, 0.3) is 17.5 Å². The highest BCUT2D eigenvalue weighted by molar-refractivity contribution is 7.89. The van der Waals surface area contributed by atoms with Crippen LogP contribution in [0.2, 0.25) is 0 Å². The number of hydrogen-bond donors (Lipinski definition) is 2. The number of sulfonamides is 1. The van der Waals surface area contributed by atoms with Crippen molar-refractivity contribution >= 4 is 27.7 Å². The summed E-state index contributed by atoms with van der Waals surface area (Å²) in [5.41, 5.74) is 2.91. The number of nitrogens with zero attached hydrogens (tertiary/aromatic N) is 2. The van der Waals surface area contributed by atoms with Crippen LogP contribution in [0.3, 0.4) is 0 Å². The van der Waals surface area contributed by atoms with Crippen LogP contribution in [0.15, 0.2) is 64.2 Å². The van der Waals surface area contributed by atoms with Crippen molar-refractivity contribution in [2.75, 3.05) is 11.9 Å². The molecule has 150 valence electrons. The fourth-order valence-corrected chi connectivity index (χ4v) is 3.61. The fraction of sp³-hybridized carbons (Fsp3) is 0.150. The molecule has 3 rings (SSSR count). The van der Waals surface area contributed by atoms with Gasteiger partial charge in [-0.3, -0.25) is 4.79 Å². The Hall–Kier alpha value is -3.30. The second kappa shape index (κ2) is 8.80. The predicted octanol–water partition coefficient (Wildman–Crippen LogP) is 3.00. The van der Waals surface area contributed by atoms with Gasteiger partial charge in [-0.1, -0.05) is 25.1 Å². The lowest BCUT2D eigenvalue weighted by Gasteiger charge is -2.08. The van der Waals surface area contributed by atoms with Crippen molar-refractivity contribution in [1.82, 2.24) is 14.9 Å². The van der Waals surface area contributed by atoms with Gasteiger partial charge in [-0.2, -0.15) is 0 Å². The fourth-order valence-electron chi connectivity index (χ4n) is 2.57. The summed E-state index contributed by atoms with van der Waals surface area (Å²) in [6.45, 7) is 3.91. The summed E-state index contributed by atoms with van der Waals surface area (Å²) in [5, 5.41) is 10.3. The van der Waals surface area contributed by atoms with E-state index in [4.69, 9.17) is 4.42 Å². The average molecular weight is 412 g/mol. The Balaban J connectivity index is 1.69. The van der Waals surface area contributed by atoms with E-state index in [1.54, 1.807) is 31.2 Å². The zero-order chi connectivity index (χ0) is 20.9. The van der Waals surface area contributed by atoms with Gasteiger partial charge >= 0.3 is 0 Å². The molecule has 0 radical (unpaired) electrons. The van der Waals surface area contributed by atoms with Crippen molar-refractivity contribution in [3.8, 4) is 11.5 Å². The maximum Gasteiger partial charge on any atom is 0.248 e. The largest absolute Gasteiger partial charge is 0.423 e. The van der Waals surface area contributed by atoms with Crippen molar-refractivity contribution in [1.29, 1.82) is 0 Å². The topological polar surface area (TPSA) is 114 Å². The molecule has 0 unspecified atom stereocenters. The number of nitrogens with one attached hydrogen (secondary N) is 2. The molecular weight excluding hydrogens is 392 g/mol. The number of aryl methyl sites for hydroxylation is 1. The molecule has 1 heterocycles. The van der Waals surface area contributed by atoms with Crippen LogP contribution in [-0.2, 0) is 14.8 Å². The van der Waals surface area contributed by atoms with Crippen LogP contribution >= 0.6 is 0 Å². The van der Waals surface area contributed by atoms with E-state index in [9.17, 15) is 13.2 Å². The van der Waals surface area contributed by atoms with Gasteiger partial charge in [-0.25, -0.2) is 13.1 Å².